The van der Waals surface area contributed by atoms with Gasteiger partial charge in [0.05, 0.1) is 22.0 Å². The highest BCUT2D eigenvalue weighted by Gasteiger charge is 2.23. The maximum atomic E-state index is 5.51. The lowest BCUT2D eigenvalue weighted by molar-refractivity contribution is 0.419. The highest BCUT2D eigenvalue weighted by molar-refractivity contribution is 7.22. The molecule has 28 heavy (non-hydrogen) atoms. The van der Waals surface area contributed by atoms with E-state index in [4.69, 9.17) is 14.7 Å². The van der Waals surface area contributed by atoms with Gasteiger partial charge >= 0.3 is 0 Å². The standard InChI is InChI=1S/C21H22N4OS2/c1-13-4-6-15-17(12-13)27-20(22-15)24-8-10-25(11-9-24)21-23-18-16(26-3)7-5-14(2)19(18)28-21/h4-7,12H,8-11H2,1-3H3. The Bertz CT molecular complexity index is 1160. The van der Waals surface area contributed by atoms with Crippen LogP contribution < -0.4 is 14.5 Å². The molecule has 1 aliphatic heterocycles. The highest BCUT2D eigenvalue weighted by atomic mass is 32.1. The van der Waals surface area contributed by atoms with Crippen LogP contribution >= 0.6 is 22.7 Å². The number of anilines is 2. The van der Waals surface area contributed by atoms with Crippen molar-refractivity contribution in [1.82, 2.24) is 9.97 Å². The van der Waals surface area contributed by atoms with Crippen molar-refractivity contribution in [3.05, 3.63) is 41.5 Å². The van der Waals surface area contributed by atoms with Crippen molar-refractivity contribution in [3.63, 3.8) is 0 Å². The van der Waals surface area contributed by atoms with Crippen LogP contribution in [0.4, 0.5) is 10.3 Å². The minimum atomic E-state index is 0.853. The van der Waals surface area contributed by atoms with Crippen LogP contribution in [0.3, 0.4) is 0 Å². The quantitative estimate of drug-likeness (QED) is 0.483. The molecule has 5 rings (SSSR count). The van der Waals surface area contributed by atoms with E-state index >= 15 is 0 Å². The summed E-state index contributed by atoms with van der Waals surface area (Å²) < 4.78 is 8.00. The summed E-state index contributed by atoms with van der Waals surface area (Å²) in [4.78, 5) is 14.5. The van der Waals surface area contributed by atoms with Crippen molar-refractivity contribution in [2.24, 2.45) is 0 Å². The molecule has 0 radical (unpaired) electrons. The molecule has 0 unspecified atom stereocenters. The van der Waals surface area contributed by atoms with E-state index in [-0.39, 0.29) is 0 Å². The van der Waals surface area contributed by atoms with E-state index in [1.54, 1.807) is 29.8 Å². The zero-order valence-corrected chi connectivity index (χ0v) is 17.9. The fraction of sp³-hybridized carbons (Fsp3) is 0.333. The lowest BCUT2D eigenvalue weighted by Crippen LogP contribution is -2.46. The Morgan fingerprint density at radius 1 is 0.893 bits per heavy atom. The van der Waals surface area contributed by atoms with Gasteiger partial charge in [0.1, 0.15) is 11.3 Å². The van der Waals surface area contributed by atoms with Crippen LogP contribution in [-0.4, -0.2) is 43.3 Å². The summed E-state index contributed by atoms with van der Waals surface area (Å²) in [5.74, 6) is 0.853. The summed E-state index contributed by atoms with van der Waals surface area (Å²) >= 11 is 3.56. The van der Waals surface area contributed by atoms with E-state index in [1.807, 2.05) is 6.07 Å². The molecule has 3 heterocycles. The number of nitrogens with zero attached hydrogens (tertiary/aromatic N) is 4. The van der Waals surface area contributed by atoms with E-state index in [0.29, 0.717) is 0 Å². The fourth-order valence-corrected chi connectivity index (χ4v) is 5.86. The number of ether oxygens (including phenoxy) is 1. The number of thiazole rings is 2. The third kappa shape index (κ3) is 2.99. The van der Waals surface area contributed by atoms with E-state index in [2.05, 4.69) is 47.9 Å². The molecule has 144 valence electrons. The van der Waals surface area contributed by atoms with Gasteiger partial charge in [-0.2, -0.15) is 0 Å². The molecule has 5 nitrogen and oxygen atoms in total. The first kappa shape index (κ1) is 17.7. The maximum absolute atomic E-state index is 5.51. The molecule has 4 aromatic rings. The molecule has 2 aromatic heterocycles. The van der Waals surface area contributed by atoms with Crippen LogP contribution in [0.1, 0.15) is 11.1 Å². The minimum Gasteiger partial charge on any atom is -0.494 e. The number of fused-ring (bicyclic) bond motifs is 2. The Hall–Kier alpha value is -2.38. The first-order chi connectivity index (χ1) is 13.6. The van der Waals surface area contributed by atoms with Gasteiger partial charge in [-0.3, -0.25) is 0 Å². The van der Waals surface area contributed by atoms with Gasteiger partial charge in [0, 0.05) is 26.2 Å². The molecule has 1 saturated heterocycles. The first-order valence-electron chi connectivity index (χ1n) is 9.43. The third-order valence-corrected chi connectivity index (χ3v) is 7.60. The van der Waals surface area contributed by atoms with Crippen LogP contribution in [0.2, 0.25) is 0 Å². The maximum Gasteiger partial charge on any atom is 0.186 e. The lowest BCUT2D eigenvalue weighted by atomic mass is 10.2. The monoisotopic (exact) mass is 410 g/mol. The zero-order chi connectivity index (χ0) is 19.3. The summed E-state index contributed by atoms with van der Waals surface area (Å²) in [5, 5.41) is 2.21. The Kier molecular flexibility index (Phi) is 4.36. The van der Waals surface area contributed by atoms with Gasteiger partial charge in [-0.05, 0) is 43.2 Å². The van der Waals surface area contributed by atoms with Gasteiger partial charge in [0.25, 0.3) is 0 Å². The van der Waals surface area contributed by atoms with Gasteiger partial charge in [-0.25, -0.2) is 9.97 Å². The molecule has 1 aliphatic rings. The molecule has 1 fully saturated rings. The van der Waals surface area contributed by atoms with Gasteiger partial charge in [-0.1, -0.05) is 34.8 Å². The largest absolute Gasteiger partial charge is 0.494 e. The summed E-state index contributed by atoms with van der Waals surface area (Å²) in [6, 6.07) is 10.6. The zero-order valence-electron chi connectivity index (χ0n) is 16.2. The molecule has 2 aromatic carbocycles. The first-order valence-corrected chi connectivity index (χ1v) is 11.1. The van der Waals surface area contributed by atoms with Crippen LogP contribution in [-0.2, 0) is 0 Å². The van der Waals surface area contributed by atoms with Gasteiger partial charge in [-0.15, -0.1) is 0 Å². The summed E-state index contributed by atoms with van der Waals surface area (Å²) in [7, 11) is 1.71. The Balaban J connectivity index is 1.36. The molecule has 0 spiro atoms. The molecular weight excluding hydrogens is 388 g/mol. The number of benzene rings is 2. The van der Waals surface area contributed by atoms with Crippen molar-refractivity contribution in [2.45, 2.75) is 13.8 Å². The second-order valence-corrected chi connectivity index (χ2v) is 9.19. The fourth-order valence-electron chi connectivity index (χ4n) is 3.64. The number of rotatable bonds is 3. The predicted octanol–water partition coefficient (Wildman–Crippen LogP) is 4.86. The van der Waals surface area contributed by atoms with Crippen LogP contribution in [0.15, 0.2) is 30.3 Å². The van der Waals surface area contributed by atoms with E-state index < -0.39 is 0 Å². The highest BCUT2D eigenvalue weighted by Crippen LogP contribution is 2.37. The number of aryl methyl sites for hydroxylation is 2. The van der Waals surface area contributed by atoms with Crippen molar-refractivity contribution >= 4 is 53.4 Å². The third-order valence-electron chi connectivity index (χ3n) is 5.27. The Morgan fingerprint density at radius 3 is 2.32 bits per heavy atom. The SMILES string of the molecule is COc1ccc(C)c2sc(N3CCN(c4nc5ccc(C)cc5s4)CC3)nc12. The van der Waals surface area contributed by atoms with E-state index in [1.165, 1.54) is 20.5 Å². The molecule has 0 amide bonds. The minimum absolute atomic E-state index is 0.853. The molecule has 0 aliphatic carbocycles. The topological polar surface area (TPSA) is 41.5 Å². The number of methoxy groups -OCH3 is 1. The smallest absolute Gasteiger partial charge is 0.186 e. The summed E-state index contributed by atoms with van der Waals surface area (Å²) in [5.41, 5.74) is 4.62. The molecule has 0 saturated carbocycles. The molecular formula is C21H22N4OS2. The summed E-state index contributed by atoms with van der Waals surface area (Å²) in [6.45, 7) is 8.10. The molecule has 0 atom stereocenters. The molecule has 0 N–H and O–H groups in total. The van der Waals surface area contributed by atoms with Crippen molar-refractivity contribution in [2.75, 3.05) is 43.1 Å². The Morgan fingerprint density at radius 2 is 1.61 bits per heavy atom. The second kappa shape index (κ2) is 6.90. The van der Waals surface area contributed by atoms with Crippen molar-refractivity contribution in [3.8, 4) is 5.75 Å². The van der Waals surface area contributed by atoms with Crippen LogP contribution in [0, 0.1) is 13.8 Å². The van der Waals surface area contributed by atoms with Gasteiger partial charge < -0.3 is 14.5 Å². The van der Waals surface area contributed by atoms with Crippen molar-refractivity contribution in [1.29, 1.82) is 0 Å². The van der Waals surface area contributed by atoms with Crippen LogP contribution in [0.5, 0.6) is 5.75 Å². The average Bonchev–Trinajstić information content (AvgIpc) is 3.33. The lowest BCUT2D eigenvalue weighted by Gasteiger charge is -2.34. The number of aromatic nitrogens is 2. The normalized spacial score (nSPS) is 15.0. The van der Waals surface area contributed by atoms with E-state index in [9.17, 15) is 0 Å². The number of piperazine rings is 1. The molecule has 0 bridgehead atoms. The van der Waals surface area contributed by atoms with Crippen LogP contribution in [0.25, 0.3) is 20.4 Å². The van der Waals surface area contributed by atoms with Gasteiger partial charge in [0.15, 0.2) is 10.3 Å². The van der Waals surface area contributed by atoms with E-state index in [0.717, 1.165) is 53.2 Å². The Labute approximate surface area is 172 Å². The van der Waals surface area contributed by atoms with Crippen molar-refractivity contribution < 1.29 is 4.74 Å². The van der Waals surface area contributed by atoms with Gasteiger partial charge in [0.2, 0.25) is 0 Å². The molecule has 7 heteroatoms. The number of hydrogen-bond donors (Lipinski definition) is 0. The second-order valence-electron chi connectivity index (χ2n) is 7.20. The predicted molar refractivity (Wildman–Crippen MR) is 120 cm³/mol. The summed E-state index contributed by atoms with van der Waals surface area (Å²) in [6.07, 6.45) is 0. The number of hydrogen-bond acceptors (Lipinski definition) is 7. The average molecular weight is 411 g/mol.